The third kappa shape index (κ3) is 10.1. The fourth-order valence-electron chi connectivity index (χ4n) is 10.5. The minimum atomic E-state index is -2.47. The summed E-state index contributed by atoms with van der Waals surface area (Å²) >= 11 is 0. The van der Waals surface area contributed by atoms with E-state index < -0.39 is 66.6 Å². The predicted molar refractivity (Wildman–Crippen MR) is 247 cm³/mol. The molecule has 2 saturated heterocycles. The van der Waals surface area contributed by atoms with E-state index in [9.17, 15) is 14.3 Å². The zero-order valence-corrected chi connectivity index (χ0v) is 43.0. The molecular weight excluding hydrogens is 896 g/mol. The molecule has 0 saturated carbocycles. The predicted octanol–water partition coefficient (Wildman–Crippen LogP) is 6.15. The summed E-state index contributed by atoms with van der Waals surface area (Å²) in [7, 11) is 1.65. The smallest absolute Gasteiger partial charge is 0.548 e. The van der Waals surface area contributed by atoms with Crippen LogP contribution in [-0.4, -0.2) is 95.0 Å². The number of ether oxygens (including phenoxy) is 5. The maximum Gasteiger partial charge on any atom is 1.00 e. The summed E-state index contributed by atoms with van der Waals surface area (Å²) in [6.45, 7) is 12.5. The van der Waals surface area contributed by atoms with Crippen molar-refractivity contribution in [2.75, 3.05) is 59.3 Å². The number of carbonyl (C=O) groups is 1. The van der Waals surface area contributed by atoms with Crippen LogP contribution in [0.25, 0.3) is 32.8 Å². The normalized spacial score (nSPS) is 17.2. The number of carboxylic acid groups (broad SMARTS) is 1. The molecule has 0 amide bonds. The molecular formula is C50H57F4N4NaO7Si. The van der Waals surface area contributed by atoms with Gasteiger partial charge in [0.25, 0.3) is 0 Å². The number of aromatic nitrogens is 2. The summed E-state index contributed by atoms with van der Waals surface area (Å²) in [6, 6.07) is 12.2. The number of methoxy groups -OCH3 is 3. The van der Waals surface area contributed by atoms with Crippen LogP contribution in [0, 0.1) is 28.9 Å². The van der Waals surface area contributed by atoms with Crippen molar-refractivity contribution in [3.05, 3.63) is 77.1 Å². The van der Waals surface area contributed by atoms with Crippen LogP contribution >= 0.6 is 0 Å². The van der Waals surface area contributed by atoms with E-state index in [-0.39, 0.29) is 119 Å². The molecule has 0 bridgehead atoms. The summed E-state index contributed by atoms with van der Waals surface area (Å²) < 4.78 is 95.6. The molecule has 0 N–H and O–H groups in total. The summed E-state index contributed by atoms with van der Waals surface area (Å²) in [5.74, 6) is -1.45. The molecule has 2 fully saturated rings. The monoisotopic (exact) mass is 952 g/mol. The summed E-state index contributed by atoms with van der Waals surface area (Å²) in [5, 5.41) is 12.7. The molecule has 0 unspecified atom stereocenters. The van der Waals surface area contributed by atoms with Crippen molar-refractivity contribution in [2.45, 2.75) is 95.7 Å². The van der Waals surface area contributed by atoms with Crippen LogP contribution in [-0.2, 0) is 16.1 Å². The van der Waals surface area contributed by atoms with Gasteiger partial charge in [-0.25, -0.2) is 17.6 Å². The third-order valence-electron chi connectivity index (χ3n) is 13.5. The Hall–Kier alpha value is -4.63. The molecule has 7 rings (SSSR count). The number of rotatable bonds is 17. The van der Waals surface area contributed by atoms with Crippen molar-refractivity contribution in [3.8, 4) is 45.9 Å². The Morgan fingerprint density at radius 2 is 1.63 bits per heavy atom. The number of benzene rings is 4. The van der Waals surface area contributed by atoms with Crippen molar-refractivity contribution in [1.82, 2.24) is 14.9 Å². The molecule has 2 atom stereocenters. The molecule has 2 aliphatic heterocycles. The van der Waals surface area contributed by atoms with Gasteiger partial charge in [-0.05, 0) is 77.3 Å². The van der Waals surface area contributed by atoms with Crippen molar-refractivity contribution >= 4 is 41.5 Å². The van der Waals surface area contributed by atoms with E-state index in [0.29, 0.717) is 29.7 Å². The topological polar surface area (TPSA) is 119 Å². The maximum atomic E-state index is 18.1. The van der Waals surface area contributed by atoms with Gasteiger partial charge in [-0.15, -0.1) is 5.54 Å². The minimum Gasteiger partial charge on any atom is -0.548 e. The van der Waals surface area contributed by atoms with Crippen LogP contribution in [0.4, 0.5) is 23.4 Å². The summed E-state index contributed by atoms with van der Waals surface area (Å²) in [5.41, 5.74) is 2.81. The number of carbonyl (C=O) groups excluding carboxylic acids is 1. The van der Waals surface area contributed by atoms with E-state index in [1.165, 1.54) is 44.4 Å². The Balaban J connectivity index is 0.00000741. The van der Waals surface area contributed by atoms with Gasteiger partial charge in [-0.2, -0.15) is 9.97 Å². The first-order chi connectivity index (χ1) is 31.5. The Labute approximate surface area is 412 Å². The number of anilines is 1. The SMILES string of the molecule is COCOc1cc(-c2c(F)c(OC)c3c(N(CC(=O)[O-])Cc4ccc(OC)cc4)nc(OC[C@@]45CCCN4C[C@H](F)C5)nc3c2F)c2c(C#C[Si](C(C)C)(C(C)C)C(C)C)c(F)ccc2c1.[Na+]. The Kier molecular flexibility index (Phi) is 16.5. The van der Waals surface area contributed by atoms with Crippen LogP contribution in [0.5, 0.6) is 23.3 Å². The number of hydrogen-bond donors (Lipinski definition) is 0. The molecule has 0 spiro atoms. The molecule has 17 heteroatoms. The molecule has 0 radical (unpaired) electrons. The number of nitrogens with zero attached hydrogens (tertiary/aromatic N) is 4. The fraction of sp³-hybridized carbons (Fsp3) is 0.460. The second-order valence-electron chi connectivity index (χ2n) is 18.2. The average molecular weight is 953 g/mol. The van der Waals surface area contributed by atoms with Gasteiger partial charge in [0.05, 0.1) is 48.8 Å². The van der Waals surface area contributed by atoms with Crippen molar-refractivity contribution in [2.24, 2.45) is 0 Å². The molecule has 4 aromatic carbocycles. The molecule has 5 aromatic rings. The van der Waals surface area contributed by atoms with Crippen molar-refractivity contribution < 1.29 is 80.7 Å². The van der Waals surface area contributed by atoms with Gasteiger partial charge in [-0.3, -0.25) is 4.90 Å². The van der Waals surface area contributed by atoms with E-state index in [1.807, 2.05) is 4.90 Å². The Bertz CT molecular complexity index is 2660. The van der Waals surface area contributed by atoms with Crippen molar-refractivity contribution in [1.29, 1.82) is 0 Å². The zero-order chi connectivity index (χ0) is 47.7. The van der Waals surface area contributed by atoms with E-state index in [4.69, 9.17) is 23.7 Å². The average Bonchev–Trinajstić information content (AvgIpc) is 3.81. The minimum absolute atomic E-state index is 0. The molecule has 352 valence electrons. The molecule has 11 nitrogen and oxygen atoms in total. The van der Waals surface area contributed by atoms with E-state index in [1.54, 1.807) is 30.3 Å². The molecule has 1 aromatic heterocycles. The van der Waals surface area contributed by atoms with E-state index in [2.05, 4.69) is 63.0 Å². The maximum absolute atomic E-state index is 18.1. The largest absolute Gasteiger partial charge is 1.00 e. The molecule has 2 aliphatic rings. The second kappa shape index (κ2) is 21.3. The number of alkyl halides is 1. The van der Waals surface area contributed by atoms with Crippen LogP contribution in [0.3, 0.4) is 0 Å². The quantitative estimate of drug-likeness (QED) is 0.0463. The van der Waals surface area contributed by atoms with Crippen LogP contribution in [0.15, 0.2) is 48.5 Å². The number of fused-ring (bicyclic) bond motifs is 3. The van der Waals surface area contributed by atoms with Gasteiger partial charge in [0, 0.05) is 37.6 Å². The van der Waals surface area contributed by atoms with Gasteiger partial charge < -0.3 is 38.5 Å². The first-order valence-electron chi connectivity index (χ1n) is 22.3. The van der Waals surface area contributed by atoms with Crippen LogP contribution in [0.1, 0.15) is 71.9 Å². The third-order valence-corrected chi connectivity index (χ3v) is 19.7. The van der Waals surface area contributed by atoms with Gasteiger partial charge in [0.2, 0.25) is 0 Å². The van der Waals surface area contributed by atoms with E-state index >= 15 is 13.2 Å². The number of aliphatic carboxylic acids is 1. The molecule has 67 heavy (non-hydrogen) atoms. The van der Waals surface area contributed by atoms with Crippen LogP contribution in [0.2, 0.25) is 16.6 Å². The zero-order valence-electron chi connectivity index (χ0n) is 40.0. The van der Waals surface area contributed by atoms with Gasteiger partial charge in [0.1, 0.15) is 49.5 Å². The summed E-state index contributed by atoms with van der Waals surface area (Å²) in [4.78, 5) is 25.0. The Morgan fingerprint density at radius 3 is 2.25 bits per heavy atom. The van der Waals surface area contributed by atoms with E-state index in [0.717, 1.165) is 6.42 Å². The second-order valence-corrected chi connectivity index (χ2v) is 23.8. The fourth-order valence-corrected chi connectivity index (χ4v) is 15.7. The molecule has 3 heterocycles. The van der Waals surface area contributed by atoms with Gasteiger partial charge in [0.15, 0.2) is 24.2 Å². The number of halogens is 4. The first kappa shape index (κ1) is 51.8. The first-order valence-corrected chi connectivity index (χ1v) is 24.5. The number of hydrogen-bond acceptors (Lipinski definition) is 11. The van der Waals surface area contributed by atoms with Gasteiger partial charge in [-0.1, -0.05) is 65.7 Å². The van der Waals surface area contributed by atoms with Crippen LogP contribution < -0.4 is 58.5 Å². The standard InChI is InChI=1S/C50H58F4N4O7Si.Na/c1-29(2)66(30(3)4,31(5)6)20-17-37-39(52)16-13-33-21-36(65-28-61-7)22-38(41(33)37)42-44(53)46-43(47(63-9)45(42)54)48(57(26-40(59)60)24-32-11-14-35(62-8)15-12-32)56-49(55-46)64-27-50-18-10-19-58(50)25-34(51)23-50;/h11-16,21-22,29-31,34H,10,18-19,23-28H2,1-9H3,(H,59,60);/q;+1/p-1/t34-,50+;/m1./s1. The Morgan fingerprint density at radius 1 is 0.925 bits per heavy atom. The van der Waals surface area contributed by atoms with Crippen molar-refractivity contribution in [3.63, 3.8) is 0 Å². The number of carboxylic acids is 1. The van der Waals surface area contributed by atoms with Gasteiger partial charge >= 0.3 is 35.6 Å². The molecule has 0 aliphatic carbocycles. The summed E-state index contributed by atoms with van der Waals surface area (Å²) in [6.07, 6.45) is 0.602.